The highest BCUT2D eigenvalue weighted by molar-refractivity contribution is 6.11. The summed E-state index contributed by atoms with van der Waals surface area (Å²) < 4.78 is 32.7. The Morgan fingerprint density at radius 1 is 1.18 bits per heavy atom. The summed E-state index contributed by atoms with van der Waals surface area (Å²) in [6, 6.07) is 12.2. The number of benzene rings is 2. The highest BCUT2D eigenvalue weighted by Crippen LogP contribution is 2.28. The topological polar surface area (TPSA) is 62.4 Å². The molecule has 0 saturated carbocycles. The van der Waals surface area contributed by atoms with Crippen LogP contribution >= 0.6 is 0 Å². The van der Waals surface area contributed by atoms with Crippen molar-refractivity contribution < 1.29 is 23.1 Å². The van der Waals surface area contributed by atoms with Gasteiger partial charge < -0.3 is 9.72 Å². The monoisotopic (exact) mass is 384 g/mol. The van der Waals surface area contributed by atoms with E-state index >= 15 is 0 Å². The minimum Gasteiger partial charge on any atom is -0.445 e. The van der Waals surface area contributed by atoms with Crippen molar-refractivity contribution >= 4 is 22.8 Å². The maximum atomic E-state index is 14.1. The Hall–Kier alpha value is -3.22. The van der Waals surface area contributed by atoms with Gasteiger partial charge in [0.25, 0.3) is 0 Å². The fraction of sp³-hybridized carbons (Fsp3) is 0.238. The first-order valence-electron chi connectivity index (χ1n) is 8.95. The summed E-state index contributed by atoms with van der Waals surface area (Å²) in [5.74, 6) is -0.821. The zero-order chi connectivity index (χ0) is 19.7. The molecule has 1 N–H and O–H groups in total. The minimum atomic E-state index is -1.30. The molecule has 0 bridgehead atoms. The fourth-order valence-electron chi connectivity index (χ4n) is 3.52. The standard InChI is InChI=1S/C21H18F2N2O3/c22-14-6-7-16-17(10-24-18(16)8-14)20(26)19-9-15(23)11-25(19)21(27)28-12-13-4-2-1-3-5-13/h1-8,10,15,19,24H,9,11-12H2/t15-,19-/m0/s1. The lowest BCUT2D eigenvalue weighted by atomic mass is 10.0. The summed E-state index contributed by atoms with van der Waals surface area (Å²) in [5, 5.41) is 0.534. The van der Waals surface area contributed by atoms with Crippen molar-refractivity contribution in [2.75, 3.05) is 6.54 Å². The van der Waals surface area contributed by atoms with Crippen molar-refractivity contribution in [3.63, 3.8) is 0 Å². The number of Topliss-reactive ketones (excluding diaryl/α,β-unsaturated/α-hetero) is 1. The van der Waals surface area contributed by atoms with Crippen LogP contribution < -0.4 is 0 Å². The van der Waals surface area contributed by atoms with Gasteiger partial charge in [-0.2, -0.15) is 0 Å². The van der Waals surface area contributed by atoms with Gasteiger partial charge in [0.1, 0.15) is 24.6 Å². The van der Waals surface area contributed by atoms with Crippen LogP contribution in [-0.2, 0) is 11.3 Å². The van der Waals surface area contributed by atoms with Gasteiger partial charge in [-0.3, -0.25) is 9.69 Å². The van der Waals surface area contributed by atoms with Crippen molar-refractivity contribution in [3.8, 4) is 0 Å². The number of hydrogen-bond donors (Lipinski definition) is 1. The van der Waals surface area contributed by atoms with E-state index < -0.39 is 29.9 Å². The summed E-state index contributed by atoms with van der Waals surface area (Å²) in [6.07, 6.45) is -0.660. The molecule has 2 heterocycles. The lowest BCUT2D eigenvalue weighted by molar-refractivity contribution is 0.0736. The summed E-state index contributed by atoms with van der Waals surface area (Å²) >= 11 is 0. The maximum Gasteiger partial charge on any atom is 0.410 e. The number of alkyl halides is 1. The molecule has 4 rings (SSSR count). The molecule has 1 saturated heterocycles. The fourth-order valence-corrected chi connectivity index (χ4v) is 3.52. The van der Waals surface area contributed by atoms with Crippen LogP contribution in [0.25, 0.3) is 10.9 Å². The van der Waals surface area contributed by atoms with E-state index in [-0.39, 0.29) is 19.6 Å². The van der Waals surface area contributed by atoms with Gasteiger partial charge in [0.15, 0.2) is 5.78 Å². The quantitative estimate of drug-likeness (QED) is 0.685. The lowest BCUT2D eigenvalue weighted by Crippen LogP contribution is -2.40. The number of aromatic nitrogens is 1. The van der Waals surface area contributed by atoms with Gasteiger partial charge in [-0.05, 0) is 23.8 Å². The minimum absolute atomic E-state index is 0.0421. The van der Waals surface area contributed by atoms with Gasteiger partial charge in [0.05, 0.1) is 6.54 Å². The molecule has 2 atom stereocenters. The number of carbonyl (C=O) groups excluding carboxylic acids is 2. The Morgan fingerprint density at radius 3 is 2.75 bits per heavy atom. The number of amides is 1. The number of hydrogen-bond acceptors (Lipinski definition) is 3. The van der Waals surface area contributed by atoms with E-state index in [0.717, 1.165) is 10.5 Å². The Labute approximate surface area is 159 Å². The Morgan fingerprint density at radius 2 is 1.96 bits per heavy atom. The molecule has 0 aliphatic carbocycles. The molecular formula is C21H18F2N2O3. The molecule has 0 spiro atoms. The first-order valence-corrected chi connectivity index (χ1v) is 8.95. The maximum absolute atomic E-state index is 14.1. The average molecular weight is 384 g/mol. The van der Waals surface area contributed by atoms with Crippen molar-refractivity contribution in [2.45, 2.75) is 25.2 Å². The second kappa shape index (κ2) is 7.42. The molecule has 0 unspecified atom stereocenters. The number of H-pyrrole nitrogens is 1. The predicted octanol–water partition coefficient (Wildman–Crippen LogP) is 4.24. The van der Waals surface area contributed by atoms with E-state index in [1.165, 1.54) is 24.4 Å². The SMILES string of the molecule is O=C(c1c[nH]c2cc(F)ccc12)[C@@H]1C[C@H](F)CN1C(=O)OCc1ccccc1. The van der Waals surface area contributed by atoms with Crippen LogP contribution in [0.15, 0.2) is 54.7 Å². The molecule has 1 aromatic heterocycles. The first kappa shape index (κ1) is 18.2. The smallest absolute Gasteiger partial charge is 0.410 e. The molecule has 1 aliphatic heterocycles. The molecule has 1 fully saturated rings. The largest absolute Gasteiger partial charge is 0.445 e. The van der Waals surface area contributed by atoms with E-state index in [4.69, 9.17) is 4.74 Å². The number of rotatable bonds is 4. The number of nitrogens with one attached hydrogen (secondary N) is 1. The van der Waals surface area contributed by atoms with Gasteiger partial charge in [-0.25, -0.2) is 13.6 Å². The highest BCUT2D eigenvalue weighted by atomic mass is 19.1. The van der Waals surface area contributed by atoms with E-state index in [0.29, 0.717) is 16.5 Å². The number of carbonyl (C=O) groups is 2. The Bertz CT molecular complexity index is 1020. The van der Waals surface area contributed by atoms with Crippen LogP contribution in [0.5, 0.6) is 0 Å². The second-order valence-corrected chi connectivity index (χ2v) is 6.80. The first-order chi connectivity index (χ1) is 13.5. The Balaban J connectivity index is 1.53. The third-order valence-corrected chi connectivity index (χ3v) is 4.90. The molecule has 7 heteroatoms. The van der Waals surface area contributed by atoms with Gasteiger partial charge in [-0.1, -0.05) is 30.3 Å². The van der Waals surface area contributed by atoms with Gasteiger partial charge in [0, 0.05) is 29.1 Å². The molecule has 2 aromatic carbocycles. The Kier molecular flexibility index (Phi) is 4.81. The summed E-state index contributed by atoms with van der Waals surface area (Å²) in [4.78, 5) is 29.5. The number of aromatic amines is 1. The third kappa shape index (κ3) is 3.47. The third-order valence-electron chi connectivity index (χ3n) is 4.90. The number of ether oxygens (including phenoxy) is 1. The van der Waals surface area contributed by atoms with Crippen LogP contribution in [-0.4, -0.2) is 40.5 Å². The van der Waals surface area contributed by atoms with E-state index in [1.807, 2.05) is 30.3 Å². The molecule has 5 nitrogen and oxygen atoms in total. The molecule has 1 aliphatic rings. The molecular weight excluding hydrogens is 366 g/mol. The molecule has 0 radical (unpaired) electrons. The number of likely N-dealkylation sites (tertiary alicyclic amines) is 1. The number of fused-ring (bicyclic) bond motifs is 1. The average Bonchev–Trinajstić information content (AvgIpc) is 3.29. The van der Waals surface area contributed by atoms with Crippen LogP contribution in [0, 0.1) is 5.82 Å². The second-order valence-electron chi connectivity index (χ2n) is 6.80. The van der Waals surface area contributed by atoms with E-state index in [1.54, 1.807) is 0 Å². The zero-order valence-electron chi connectivity index (χ0n) is 14.9. The molecule has 3 aromatic rings. The van der Waals surface area contributed by atoms with Crippen LogP contribution in [0.4, 0.5) is 13.6 Å². The van der Waals surface area contributed by atoms with Gasteiger partial charge in [-0.15, -0.1) is 0 Å². The molecule has 1 amide bonds. The van der Waals surface area contributed by atoms with E-state index in [9.17, 15) is 18.4 Å². The van der Waals surface area contributed by atoms with Crippen LogP contribution in [0.2, 0.25) is 0 Å². The summed E-state index contributed by atoms with van der Waals surface area (Å²) in [7, 11) is 0. The van der Waals surface area contributed by atoms with Gasteiger partial charge in [0.2, 0.25) is 0 Å². The zero-order valence-corrected chi connectivity index (χ0v) is 14.9. The van der Waals surface area contributed by atoms with Gasteiger partial charge >= 0.3 is 6.09 Å². The van der Waals surface area contributed by atoms with Crippen molar-refractivity contribution in [1.29, 1.82) is 0 Å². The van der Waals surface area contributed by atoms with Crippen molar-refractivity contribution in [2.24, 2.45) is 0 Å². The summed E-state index contributed by atoms with van der Waals surface area (Å²) in [5.41, 5.74) is 1.57. The molecule has 28 heavy (non-hydrogen) atoms. The van der Waals surface area contributed by atoms with Crippen molar-refractivity contribution in [3.05, 3.63) is 71.7 Å². The normalized spacial score (nSPS) is 19.1. The van der Waals surface area contributed by atoms with Crippen molar-refractivity contribution in [1.82, 2.24) is 9.88 Å². The van der Waals surface area contributed by atoms with Crippen LogP contribution in [0.1, 0.15) is 22.3 Å². The van der Waals surface area contributed by atoms with Crippen LogP contribution in [0.3, 0.4) is 0 Å². The number of ketones is 1. The molecule has 144 valence electrons. The lowest BCUT2D eigenvalue weighted by Gasteiger charge is -2.22. The predicted molar refractivity (Wildman–Crippen MR) is 99.2 cm³/mol. The number of nitrogens with zero attached hydrogens (tertiary/aromatic N) is 1. The highest BCUT2D eigenvalue weighted by Gasteiger charge is 2.41. The number of halogens is 2. The van der Waals surface area contributed by atoms with E-state index in [2.05, 4.69) is 4.98 Å². The summed E-state index contributed by atoms with van der Waals surface area (Å²) in [6.45, 7) is -0.151.